The maximum absolute atomic E-state index is 12.0. The van der Waals surface area contributed by atoms with Gasteiger partial charge in [-0.2, -0.15) is 0 Å². The first kappa shape index (κ1) is 11.8. The molecule has 0 radical (unpaired) electrons. The van der Waals surface area contributed by atoms with E-state index in [1.165, 1.54) is 16.9 Å². The largest absolute Gasteiger partial charge is 0.353 e. The molecule has 0 bridgehead atoms. The summed E-state index contributed by atoms with van der Waals surface area (Å²) >= 11 is 0. The van der Waals surface area contributed by atoms with Gasteiger partial charge in [-0.1, -0.05) is 0 Å². The number of ketones is 1. The lowest BCUT2D eigenvalue weighted by Gasteiger charge is -2.42. The molecule has 0 aromatic rings. The van der Waals surface area contributed by atoms with E-state index in [-0.39, 0.29) is 24.7 Å². The molecule has 7 nitrogen and oxygen atoms in total. The summed E-state index contributed by atoms with van der Waals surface area (Å²) in [6, 6.07) is -1.04. The van der Waals surface area contributed by atoms with Crippen LogP contribution in [0.15, 0.2) is 0 Å². The Morgan fingerprint density at radius 2 is 2.06 bits per heavy atom. The third kappa shape index (κ3) is 1.97. The zero-order valence-electron chi connectivity index (χ0n) is 9.76. The van der Waals surface area contributed by atoms with Gasteiger partial charge in [0.05, 0.1) is 0 Å². The minimum Gasteiger partial charge on any atom is -0.298 e. The Morgan fingerprint density at radius 1 is 1.35 bits per heavy atom. The van der Waals surface area contributed by atoms with E-state index < -0.39 is 12.1 Å². The van der Waals surface area contributed by atoms with Gasteiger partial charge in [-0.05, 0) is 19.8 Å². The highest BCUT2D eigenvalue weighted by atomic mass is 16.2. The fraction of sp³-hybridized carbons (Fsp3) is 0.700. The zero-order valence-corrected chi connectivity index (χ0v) is 9.76. The van der Waals surface area contributed by atoms with Crippen LogP contribution in [0.1, 0.15) is 26.2 Å². The normalized spacial score (nSPS) is 25.8. The monoisotopic (exact) mass is 240 g/mol. The molecule has 2 fully saturated rings. The van der Waals surface area contributed by atoms with Crippen LogP contribution in [0.2, 0.25) is 0 Å². The van der Waals surface area contributed by atoms with Gasteiger partial charge < -0.3 is 0 Å². The SMILES string of the molecule is CC(=O)C1CCCN2C(=O)CCN(N)C(=O)N12. The molecule has 7 heteroatoms. The lowest BCUT2D eigenvalue weighted by molar-refractivity contribution is -0.153. The van der Waals surface area contributed by atoms with Gasteiger partial charge in [0.25, 0.3) is 0 Å². The van der Waals surface area contributed by atoms with E-state index in [9.17, 15) is 14.4 Å². The molecule has 2 N–H and O–H groups in total. The van der Waals surface area contributed by atoms with Crippen molar-refractivity contribution in [3.8, 4) is 0 Å². The molecule has 0 spiro atoms. The summed E-state index contributed by atoms with van der Waals surface area (Å²) in [4.78, 5) is 35.4. The van der Waals surface area contributed by atoms with Gasteiger partial charge in [-0.25, -0.2) is 20.7 Å². The third-order valence-electron chi connectivity index (χ3n) is 3.17. The standard InChI is InChI=1S/C10H16N4O3/c1-7(15)8-3-2-5-13-9(16)4-6-12(11)10(17)14(8)13/h8H,2-6,11H2,1H3. The second kappa shape index (κ2) is 4.33. The van der Waals surface area contributed by atoms with Crippen molar-refractivity contribution in [3.63, 3.8) is 0 Å². The maximum atomic E-state index is 12.0. The molecule has 2 aliphatic rings. The van der Waals surface area contributed by atoms with E-state index in [1.54, 1.807) is 0 Å². The molecule has 0 saturated carbocycles. The van der Waals surface area contributed by atoms with E-state index in [2.05, 4.69) is 0 Å². The van der Waals surface area contributed by atoms with Crippen molar-refractivity contribution in [2.45, 2.75) is 32.2 Å². The first-order valence-electron chi connectivity index (χ1n) is 5.68. The Kier molecular flexibility index (Phi) is 3.01. The highest BCUT2D eigenvalue weighted by Crippen LogP contribution is 2.23. The molecule has 2 aliphatic heterocycles. The van der Waals surface area contributed by atoms with Gasteiger partial charge in [-0.15, -0.1) is 0 Å². The molecule has 0 aromatic carbocycles. The number of fused-ring (bicyclic) bond motifs is 1. The first-order chi connectivity index (χ1) is 8.02. The van der Waals surface area contributed by atoms with Crippen LogP contribution in [-0.4, -0.2) is 51.9 Å². The topological polar surface area (TPSA) is 87.0 Å². The number of nitrogens with zero attached hydrogens (tertiary/aromatic N) is 3. The number of hydrogen-bond donors (Lipinski definition) is 1. The third-order valence-corrected chi connectivity index (χ3v) is 3.17. The van der Waals surface area contributed by atoms with Gasteiger partial charge in [-0.3, -0.25) is 14.6 Å². The van der Waals surface area contributed by atoms with Crippen LogP contribution in [0.4, 0.5) is 4.79 Å². The van der Waals surface area contributed by atoms with E-state index in [0.717, 1.165) is 11.4 Å². The molecular formula is C10H16N4O3. The lowest BCUT2D eigenvalue weighted by atomic mass is 10.0. The number of nitrogens with two attached hydrogens (primary N) is 1. The summed E-state index contributed by atoms with van der Waals surface area (Å²) in [6.45, 7) is 2.09. The van der Waals surface area contributed by atoms with Crippen LogP contribution in [0.25, 0.3) is 0 Å². The quantitative estimate of drug-likeness (QED) is 0.493. The van der Waals surface area contributed by atoms with E-state index in [1.807, 2.05) is 0 Å². The fourth-order valence-electron chi connectivity index (χ4n) is 2.26. The van der Waals surface area contributed by atoms with Crippen LogP contribution >= 0.6 is 0 Å². The molecule has 3 amide bonds. The average Bonchev–Trinajstić information content (AvgIpc) is 2.42. The fourth-order valence-corrected chi connectivity index (χ4v) is 2.26. The van der Waals surface area contributed by atoms with Crippen molar-refractivity contribution in [1.82, 2.24) is 15.0 Å². The van der Waals surface area contributed by atoms with Gasteiger partial charge in [0.15, 0.2) is 5.78 Å². The number of carbonyl (C=O) groups excluding carboxylic acids is 3. The molecule has 0 aliphatic carbocycles. The summed E-state index contributed by atoms with van der Waals surface area (Å²) in [5.74, 6) is 5.29. The van der Waals surface area contributed by atoms with E-state index >= 15 is 0 Å². The number of hydrogen-bond acceptors (Lipinski definition) is 4. The van der Waals surface area contributed by atoms with E-state index in [0.29, 0.717) is 13.0 Å². The van der Waals surface area contributed by atoms with Crippen molar-refractivity contribution in [3.05, 3.63) is 0 Å². The first-order valence-corrected chi connectivity index (χ1v) is 5.68. The Labute approximate surface area is 99.1 Å². The number of carbonyl (C=O) groups is 3. The molecule has 17 heavy (non-hydrogen) atoms. The highest BCUT2D eigenvalue weighted by molar-refractivity contribution is 5.90. The van der Waals surface area contributed by atoms with Crippen LogP contribution in [0, 0.1) is 0 Å². The zero-order chi connectivity index (χ0) is 12.6. The van der Waals surface area contributed by atoms with Gasteiger partial charge in [0, 0.05) is 19.5 Å². The summed E-state index contributed by atoms with van der Waals surface area (Å²) < 4.78 is 0. The number of amides is 3. The van der Waals surface area contributed by atoms with Crippen molar-refractivity contribution in [1.29, 1.82) is 0 Å². The molecule has 1 unspecified atom stereocenters. The lowest BCUT2D eigenvalue weighted by Crippen LogP contribution is -2.61. The van der Waals surface area contributed by atoms with Crippen molar-refractivity contribution < 1.29 is 14.4 Å². The molecule has 1 atom stereocenters. The van der Waals surface area contributed by atoms with Gasteiger partial charge in [0.2, 0.25) is 5.91 Å². The smallest absolute Gasteiger partial charge is 0.298 e. The minimum atomic E-state index is -0.565. The maximum Gasteiger partial charge on any atom is 0.353 e. The van der Waals surface area contributed by atoms with Crippen LogP contribution in [0.5, 0.6) is 0 Å². The molecule has 2 heterocycles. The summed E-state index contributed by atoms with van der Waals surface area (Å²) in [6.07, 6.45) is 1.51. The van der Waals surface area contributed by atoms with Crippen molar-refractivity contribution >= 4 is 17.7 Å². The predicted octanol–water partition coefficient (Wildman–Crippen LogP) is -0.517. The summed E-state index contributed by atoms with van der Waals surface area (Å²) in [5.41, 5.74) is 0. The highest BCUT2D eigenvalue weighted by Gasteiger charge is 2.41. The van der Waals surface area contributed by atoms with Crippen molar-refractivity contribution in [2.24, 2.45) is 5.84 Å². The Morgan fingerprint density at radius 3 is 2.71 bits per heavy atom. The van der Waals surface area contributed by atoms with E-state index in [4.69, 9.17) is 5.84 Å². The molecule has 2 rings (SSSR count). The summed E-state index contributed by atoms with van der Waals surface area (Å²) in [7, 11) is 0. The Bertz CT molecular complexity index is 371. The predicted molar refractivity (Wildman–Crippen MR) is 58.2 cm³/mol. The molecule has 94 valence electrons. The second-order valence-electron chi connectivity index (χ2n) is 4.36. The summed E-state index contributed by atoms with van der Waals surface area (Å²) in [5, 5.41) is 3.59. The number of urea groups is 1. The molecule has 0 aromatic heterocycles. The van der Waals surface area contributed by atoms with Gasteiger partial charge >= 0.3 is 6.03 Å². The second-order valence-corrected chi connectivity index (χ2v) is 4.36. The number of hydrazine groups is 2. The van der Waals surface area contributed by atoms with Gasteiger partial charge in [0.1, 0.15) is 6.04 Å². The number of Topliss-reactive ketones (excluding diaryl/α,β-unsaturated/α-hetero) is 1. The van der Waals surface area contributed by atoms with Crippen LogP contribution < -0.4 is 5.84 Å². The molecular weight excluding hydrogens is 224 g/mol. The van der Waals surface area contributed by atoms with Crippen LogP contribution in [0.3, 0.4) is 0 Å². The van der Waals surface area contributed by atoms with Crippen molar-refractivity contribution in [2.75, 3.05) is 13.1 Å². The molecule has 2 saturated heterocycles. The Balaban J connectivity index is 2.34. The number of rotatable bonds is 1. The minimum absolute atomic E-state index is 0.119. The Hall–Kier alpha value is -1.63. The average molecular weight is 240 g/mol. The van der Waals surface area contributed by atoms with Crippen LogP contribution in [-0.2, 0) is 9.59 Å².